The number of rotatable bonds is 4. The number of piperidine rings is 2. The summed E-state index contributed by atoms with van der Waals surface area (Å²) in [5.41, 5.74) is 8.10. The Morgan fingerprint density at radius 2 is 1.77 bits per heavy atom. The molecule has 8 heteroatoms. The summed E-state index contributed by atoms with van der Waals surface area (Å²) in [5.74, 6) is -1.28. The maximum Gasteiger partial charge on any atom is 0.262 e. The number of fused-ring (bicyclic) bond motifs is 1. The van der Waals surface area contributed by atoms with Crippen molar-refractivity contribution in [3.8, 4) is 0 Å². The van der Waals surface area contributed by atoms with Crippen LogP contribution >= 0.6 is 0 Å². The van der Waals surface area contributed by atoms with Crippen molar-refractivity contribution >= 4 is 23.6 Å². The average Bonchev–Trinajstić information content (AvgIpc) is 2.98. The van der Waals surface area contributed by atoms with E-state index in [4.69, 9.17) is 5.73 Å². The predicted molar refractivity (Wildman–Crippen MR) is 112 cm³/mol. The highest BCUT2D eigenvalue weighted by molar-refractivity contribution is 6.24. The topological polar surface area (TPSA) is 113 Å². The number of hydrogen-bond acceptors (Lipinski definition) is 6. The quantitative estimate of drug-likeness (QED) is 0.702. The third kappa shape index (κ3) is 3.38. The first-order valence-corrected chi connectivity index (χ1v) is 11.2. The molecule has 31 heavy (non-hydrogen) atoms. The number of likely N-dealkylation sites (tertiary alicyclic amines) is 1. The van der Waals surface area contributed by atoms with Crippen LogP contribution in [0.2, 0.25) is 0 Å². The lowest BCUT2D eigenvalue weighted by atomic mass is 9.66. The van der Waals surface area contributed by atoms with Crippen molar-refractivity contribution in [2.45, 2.75) is 63.1 Å². The molecule has 1 aliphatic carbocycles. The second-order valence-corrected chi connectivity index (χ2v) is 9.42. The van der Waals surface area contributed by atoms with Crippen LogP contribution in [0.25, 0.3) is 0 Å². The van der Waals surface area contributed by atoms with Gasteiger partial charge in [0.15, 0.2) is 0 Å². The average molecular weight is 425 g/mol. The highest BCUT2D eigenvalue weighted by Gasteiger charge is 2.46. The molecule has 0 radical (unpaired) electrons. The van der Waals surface area contributed by atoms with Gasteiger partial charge in [-0.25, -0.2) is 0 Å². The van der Waals surface area contributed by atoms with Crippen molar-refractivity contribution in [1.29, 1.82) is 0 Å². The van der Waals surface area contributed by atoms with Gasteiger partial charge in [-0.3, -0.25) is 34.3 Å². The second kappa shape index (κ2) is 7.53. The number of carbonyl (C=O) groups excluding carboxylic acids is 4. The molecular formula is C23H28N4O4. The lowest BCUT2D eigenvalue weighted by molar-refractivity contribution is -0.136. The Labute approximate surface area is 181 Å². The number of nitrogens with two attached hydrogens (primary N) is 1. The zero-order valence-corrected chi connectivity index (χ0v) is 17.6. The first kappa shape index (κ1) is 20.3. The van der Waals surface area contributed by atoms with Crippen molar-refractivity contribution < 1.29 is 19.2 Å². The van der Waals surface area contributed by atoms with Gasteiger partial charge in [0.25, 0.3) is 11.8 Å². The molecule has 1 aromatic carbocycles. The molecule has 1 aromatic rings. The summed E-state index contributed by atoms with van der Waals surface area (Å²) in [4.78, 5) is 53.3. The Morgan fingerprint density at radius 1 is 1.03 bits per heavy atom. The molecule has 1 unspecified atom stereocenters. The summed E-state index contributed by atoms with van der Waals surface area (Å²) in [7, 11) is 0. The Kier molecular flexibility index (Phi) is 4.94. The maximum atomic E-state index is 13.2. The zero-order valence-electron chi connectivity index (χ0n) is 17.6. The van der Waals surface area contributed by atoms with Crippen molar-refractivity contribution in [3.63, 3.8) is 0 Å². The molecule has 4 amide bonds. The summed E-state index contributed by atoms with van der Waals surface area (Å²) in [6.07, 6.45) is 5.87. The number of carbonyl (C=O) groups is 4. The maximum absolute atomic E-state index is 13.2. The fraction of sp³-hybridized carbons (Fsp3) is 0.565. The Balaban J connectivity index is 1.32. The van der Waals surface area contributed by atoms with Gasteiger partial charge in [0.05, 0.1) is 11.1 Å². The highest BCUT2D eigenvalue weighted by Crippen LogP contribution is 2.41. The molecule has 8 nitrogen and oxygen atoms in total. The van der Waals surface area contributed by atoms with Crippen LogP contribution in [-0.2, 0) is 16.1 Å². The molecule has 5 rings (SSSR count). The van der Waals surface area contributed by atoms with Crippen molar-refractivity contribution in [1.82, 2.24) is 15.1 Å². The van der Waals surface area contributed by atoms with E-state index in [9.17, 15) is 19.2 Å². The number of imide groups is 2. The van der Waals surface area contributed by atoms with Gasteiger partial charge in [0.2, 0.25) is 11.8 Å². The highest BCUT2D eigenvalue weighted by atomic mass is 16.2. The van der Waals surface area contributed by atoms with Gasteiger partial charge >= 0.3 is 0 Å². The summed E-state index contributed by atoms with van der Waals surface area (Å²) in [5, 5.41) is 2.24. The lowest BCUT2D eigenvalue weighted by Crippen LogP contribution is -2.55. The first-order chi connectivity index (χ1) is 14.9. The molecule has 4 aliphatic rings. The van der Waals surface area contributed by atoms with E-state index in [0.717, 1.165) is 49.2 Å². The number of nitrogens with one attached hydrogen (secondary N) is 1. The van der Waals surface area contributed by atoms with Crippen molar-refractivity contribution in [3.05, 3.63) is 34.9 Å². The summed E-state index contributed by atoms with van der Waals surface area (Å²) in [6.45, 7) is 2.44. The van der Waals surface area contributed by atoms with Crippen molar-refractivity contribution in [2.24, 2.45) is 11.7 Å². The monoisotopic (exact) mass is 424 g/mol. The van der Waals surface area contributed by atoms with Crippen LogP contribution in [0.1, 0.15) is 71.2 Å². The third-order valence-corrected chi connectivity index (χ3v) is 7.63. The molecule has 1 atom stereocenters. The number of amides is 4. The molecule has 0 bridgehead atoms. The van der Waals surface area contributed by atoms with Crippen LogP contribution in [0.5, 0.6) is 0 Å². The number of nitrogens with zero attached hydrogens (tertiary/aromatic N) is 2. The van der Waals surface area contributed by atoms with E-state index in [-0.39, 0.29) is 24.3 Å². The molecule has 3 heterocycles. The fourth-order valence-electron chi connectivity index (χ4n) is 5.62. The minimum Gasteiger partial charge on any atom is -0.325 e. The van der Waals surface area contributed by atoms with Gasteiger partial charge in [-0.2, -0.15) is 0 Å². The SMILES string of the molecule is NC1(C2CCN(Cc3cccc4c3C(=O)N(C3CCC(=O)NC3=O)C4=O)CC2)CCC1. The zero-order chi connectivity index (χ0) is 21.8. The summed E-state index contributed by atoms with van der Waals surface area (Å²) in [6, 6.07) is 4.40. The van der Waals surface area contributed by atoms with Gasteiger partial charge < -0.3 is 5.73 Å². The van der Waals surface area contributed by atoms with Gasteiger partial charge in [0, 0.05) is 18.5 Å². The molecule has 164 valence electrons. The van der Waals surface area contributed by atoms with Crippen LogP contribution in [0, 0.1) is 5.92 Å². The number of benzene rings is 1. The number of hydrogen-bond donors (Lipinski definition) is 2. The smallest absolute Gasteiger partial charge is 0.262 e. The van der Waals surface area contributed by atoms with Gasteiger partial charge in [-0.05, 0) is 69.2 Å². The Bertz CT molecular complexity index is 962. The standard InChI is InChI=1S/C23H28N4O4/c24-23(9-2-10-23)15-7-11-26(12-8-15)13-14-3-1-4-16-19(14)22(31)27(21(16)30)17-5-6-18(28)25-20(17)29/h1,3-4,15,17H,2,5-13,24H2,(H,25,28,29). The minimum atomic E-state index is -0.933. The molecule has 1 saturated carbocycles. The predicted octanol–water partition coefficient (Wildman–Crippen LogP) is 1.18. The molecule has 3 fully saturated rings. The fourth-order valence-corrected chi connectivity index (χ4v) is 5.62. The molecule has 0 spiro atoms. The van der Waals surface area contributed by atoms with Gasteiger partial charge in [0.1, 0.15) is 6.04 Å². The molecular weight excluding hydrogens is 396 g/mol. The third-order valence-electron chi connectivity index (χ3n) is 7.63. The van der Waals surface area contributed by atoms with Crippen LogP contribution in [0.4, 0.5) is 0 Å². The molecule has 3 aliphatic heterocycles. The van der Waals surface area contributed by atoms with E-state index in [1.165, 1.54) is 6.42 Å². The van der Waals surface area contributed by atoms with E-state index in [2.05, 4.69) is 10.2 Å². The van der Waals surface area contributed by atoms with E-state index in [1.807, 2.05) is 6.07 Å². The van der Waals surface area contributed by atoms with E-state index < -0.39 is 23.8 Å². The first-order valence-electron chi connectivity index (χ1n) is 11.2. The van der Waals surface area contributed by atoms with Crippen molar-refractivity contribution in [2.75, 3.05) is 13.1 Å². The van der Waals surface area contributed by atoms with E-state index in [1.54, 1.807) is 12.1 Å². The Morgan fingerprint density at radius 3 is 2.42 bits per heavy atom. The van der Waals surface area contributed by atoms with E-state index >= 15 is 0 Å². The molecule has 0 aromatic heterocycles. The molecule has 3 N–H and O–H groups in total. The van der Waals surface area contributed by atoms with Gasteiger partial charge in [-0.15, -0.1) is 0 Å². The molecule has 2 saturated heterocycles. The van der Waals surface area contributed by atoms with Crippen LogP contribution < -0.4 is 11.1 Å². The van der Waals surface area contributed by atoms with Crippen LogP contribution in [-0.4, -0.2) is 58.1 Å². The van der Waals surface area contributed by atoms with Crippen LogP contribution in [0.3, 0.4) is 0 Å². The van der Waals surface area contributed by atoms with Crippen LogP contribution in [0.15, 0.2) is 18.2 Å². The minimum absolute atomic E-state index is 0.0188. The second-order valence-electron chi connectivity index (χ2n) is 9.42. The largest absolute Gasteiger partial charge is 0.325 e. The van der Waals surface area contributed by atoms with E-state index in [0.29, 0.717) is 23.6 Å². The lowest BCUT2D eigenvalue weighted by Gasteiger charge is -2.48. The summed E-state index contributed by atoms with van der Waals surface area (Å²) >= 11 is 0. The summed E-state index contributed by atoms with van der Waals surface area (Å²) < 4.78 is 0. The van der Waals surface area contributed by atoms with Gasteiger partial charge in [-0.1, -0.05) is 12.1 Å². The normalized spacial score (nSPS) is 26.6. The Hall–Kier alpha value is -2.58.